The molecule has 246 valence electrons. The number of nitrogens with zero attached hydrogens (tertiary/aromatic N) is 6. The third-order valence-corrected chi connectivity index (χ3v) is 7.42. The number of benzene rings is 2. The number of hydrogen-bond acceptors (Lipinski definition) is 6. The first-order valence-electron chi connectivity index (χ1n) is 13.8. The van der Waals surface area contributed by atoms with Crippen molar-refractivity contribution in [2.24, 2.45) is 7.05 Å². The summed E-state index contributed by atoms with van der Waals surface area (Å²) < 4.78 is 129. The molecule has 1 aromatic heterocycles. The second kappa shape index (κ2) is 12.4. The summed E-state index contributed by atoms with van der Waals surface area (Å²) in [7, 11) is 1.38. The SMILES string of the molecule is CCC(C)OC(=O)N1CCC[C@H](N(Cc2cc(C(F)(F)F)cc(C(F)(F)F)c2)c2nnn(C)n2)c2cc(C)c(C(F)(F)F)cc21. The van der Waals surface area contributed by atoms with E-state index in [0.29, 0.717) is 18.6 Å². The van der Waals surface area contributed by atoms with E-state index in [1.807, 2.05) is 0 Å². The second-order valence-electron chi connectivity index (χ2n) is 10.8. The number of alkyl halides is 9. The van der Waals surface area contributed by atoms with Crippen LogP contribution in [0.15, 0.2) is 30.3 Å². The number of anilines is 2. The minimum Gasteiger partial charge on any atom is -0.446 e. The van der Waals surface area contributed by atoms with Crippen molar-refractivity contribution in [1.29, 1.82) is 0 Å². The van der Waals surface area contributed by atoms with Gasteiger partial charge < -0.3 is 9.64 Å². The molecule has 0 N–H and O–H groups in total. The standard InChI is InChI=1S/C28H29F9N6O2/c1-5-16(3)45-25(44)42-8-6-7-22(20-9-15(2)21(13-23(20)42)28(35,36)37)43(24-38-40-41(4)39-24)14-17-10-18(26(29,30)31)12-19(11-17)27(32,33)34/h9-13,16,22H,5-8,14H2,1-4H3/t16?,22-/m0/s1. The van der Waals surface area contributed by atoms with Gasteiger partial charge in [-0.05, 0) is 79.3 Å². The molecule has 1 aliphatic rings. The Hall–Kier alpha value is -4.05. The minimum atomic E-state index is -5.11. The van der Waals surface area contributed by atoms with Crippen LogP contribution in [0.3, 0.4) is 0 Å². The molecule has 0 spiro atoms. The number of tetrazole rings is 1. The highest BCUT2D eigenvalue weighted by Crippen LogP contribution is 2.44. The number of carbonyl (C=O) groups excluding carboxylic acids is 1. The van der Waals surface area contributed by atoms with Crippen molar-refractivity contribution in [3.05, 3.63) is 63.7 Å². The average Bonchev–Trinajstić information content (AvgIpc) is 3.27. The smallest absolute Gasteiger partial charge is 0.416 e. The number of amides is 1. The first-order valence-corrected chi connectivity index (χ1v) is 13.8. The van der Waals surface area contributed by atoms with Gasteiger partial charge in [0.2, 0.25) is 0 Å². The Kier molecular flexibility index (Phi) is 9.31. The molecule has 17 heteroatoms. The molecule has 8 nitrogen and oxygen atoms in total. The van der Waals surface area contributed by atoms with Gasteiger partial charge in [-0.25, -0.2) is 4.79 Å². The fourth-order valence-electron chi connectivity index (χ4n) is 5.09. The largest absolute Gasteiger partial charge is 0.446 e. The molecule has 0 fully saturated rings. The lowest BCUT2D eigenvalue weighted by Gasteiger charge is -2.33. The molecule has 3 aromatic rings. The molecule has 2 atom stereocenters. The van der Waals surface area contributed by atoms with Crippen LogP contribution in [0.5, 0.6) is 0 Å². The minimum absolute atomic E-state index is 0.00181. The summed E-state index contributed by atoms with van der Waals surface area (Å²) in [4.78, 5) is 16.5. The van der Waals surface area contributed by atoms with Crippen LogP contribution in [-0.4, -0.2) is 38.9 Å². The van der Waals surface area contributed by atoms with Crippen LogP contribution in [-0.2, 0) is 36.9 Å². The first-order chi connectivity index (χ1) is 20.8. The summed E-state index contributed by atoms with van der Waals surface area (Å²) in [5.74, 6) is -0.201. The van der Waals surface area contributed by atoms with Gasteiger partial charge >= 0.3 is 24.6 Å². The zero-order valence-corrected chi connectivity index (χ0v) is 24.5. The van der Waals surface area contributed by atoms with Crippen molar-refractivity contribution in [2.45, 2.75) is 77.3 Å². The van der Waals surface area contributed by atoms with Gasteiger partial charge in [0.15, 0.2) is 0 Å². The van der Waals surface area contributed by atoms with Crippen molar-refractivity contribution < 1.29 is 49.0 Å². The van der Waals surface area contributed by atoms with E-state index in [2.05, 4.69) is 15.4 Å². The number of ether oxygens (including phenoxy) is 1. The number of fused-ring (bicyclic) bond motifs is 1. The van der Waals surface area contributed by atoms with Crippen LogP contribution in [0.4, 0.5) is 55.9 Å². The van der Waals surface area contributed by atoms with Crippen molar-refractivity contribution >= 4 is 17.7 Å². The van der Waals surface area contributed by atoms with Crippen LogP contribution >= 0.6 is 0 Å². The van der Waals surface area contributed by atoms with Gasteiger partial charge in [0.05, 0.1) is 35.5 Å². The maximum Gasteiger partial charge on any atom is 0.416 e. The van der Waals surface area contributed by atoms with E-state index in [0.717, 1.165) is 15.8 Å². The highest BCUT2D eigenvalue weighted by molar-refractivity contribution is 5.89. The Labute approximate surface area is 251 Å². The number of rotatable bonds is 6. The van der Waals surface area contributed by atoms with E-state index in [-0.39, 0.29) is 48.2 Å². The molecule has 1 unspecified atom stereocenters. The zero-order valence-electron chi connectivity index (χ0n) is 24.5. The highest BCUT2D eigenvalue weighted by Gasteiger charge is 2.40. The Morgan fingerprint density at radius 3 is 2.13 bits per heavy atom. The van der Waals surface area contributed by atoms with Gasteiger partial charge in [0.25, 0.3) is 5.95 Å². The fourth-order valence-corrected chi connectivity index (χ4v) is 5.09. The summed E-state index contributed by atoms with van der Waals surface area (Å²) >= 11 is 0. The molecule has 4 rings (SSSR count). The average molecular weight is 653 g/mol. The van der Waals surface area contributed by atoms with Crippen molar-refractivity contribution in [2.75, 3.05) is 16.3 Å². The second-order valence-corrected chi connectivity index (χ2v) is 10.8. The quantitative estimate of drug-likeness (QED) is 0.253. The number of hydrogen-bond donors (Lipinski definition) is 0. The first kappa shape index (κ1) is 33.8. The maximum absolute atomic E-state index is 14.0. The van der Waals surface area contributed by atoms with E-state index in [1.165, 1.54) is 24.9 Å². The summed E-state index contributed by atoms with van der Waals surface area (Å²) in [6.07, 6.45) is -15.8. The molecule has 0 saturated heterocycles. The van der Waals surface area contributed by atoms with E-state index >= 15 is 0 Å². The highest BCUT2D eigenvalue weighted by atomic mass is 19.4. The van der Waals surface area contributed by atoms with Crippen molar-refractivity contribution in [3.63, 3.8) is 0 Å². The molecule has 1 amide bonds. The molecule has 1 aliphatic heterocycles. The van der Waals surface area contributed by atoms with Crippen LogP contribution in [0.25, 0.3) is 0 Å². The van der Waals surface area contributed by atoms with Crippen LogP contribution < -0.4 is 9.80 Å². The third-order valence-electron chi connectivity index (χ3n) is 7.42. The molecule has 2 heterocycles. The van der Waals surface area contributed by atoms with Gasteiger partial charge in [0, 0.05) is 13.1 Å². The lowest BCUT2D eigenvalue weighted by atomic mass is 9.94. The molecular formula is C28H29F9N6O2. The lowest BCUT2D eigenvalue weighted by molar-refractivity contribution is -0.143. The van der Waals surface area contributed by atoms with Gasteiger partial charge in [-0.3, -0.25) is 4.90 Å². The number of aromatic nitrogens is 4. The van der Waals surface area contributed by atoms with E-state index in [9.17, 15) is 44.3 Å². The van der Waals surface area contributed by atoms with Crippen LogP contribution in [0, 0.1) is 6.92 Å². The lowest BCUT2D eigenvalue weighted by Crippen LogP contribution is -2.35. The van der Waals surface area contributed by atoms with E-state index in [1.54, 1.807) is 13.8 Å². The van der Waals surface area contributed by atoms with E-state index < -0.39 is 65.6 Å². The third kappa shape index (κ3) is 7.61. The van der Waals surface area contributed by atoms with Crippen LogP contribution in [0.1, 0.15) is 72.5 Å². The van der Waals surface area contributed by atoms with Crippen molar-refractivity contribution in [3.8, 4) is 0 Å². The molecule has 2 aromatic carbocycles. The normalized spacial score (nSPS) is 16.6. The summed E-state index contributed by atoms with van der Waals surface area (Å²) in [5, 5.41) is 11.8. The topological polar surface area (TPSA) is 76.4 Å². The van der Waals surface area contributed by atoms with Gasteiger partial charge in [-0.15, -0.1) is 5.10 Å². The molecule has 0 bridgehead atoms. The number of halogens is 9. The molecular weight excluding hydrogens is 623 g/mol. The van der Waals surface area contributed by atoms with Gasteiger partial charge in [-0.2, -0.15) is 44.3 Å². The van der Waals surface area contributed by atoms with Gasteiger partial charge in [0.1, 0.15) is 6.10 Å². The Morgan fingerprint density at radius 1 is 1.00 bits per heavy atom. The fraction of sp³-hybridized carbons (Fsp3) is 0.500. The van der Waals surface area contributed by atoms with Crippen LogP contribution in [0.2, 0.25) is 0 Å². The van der Waals surface area contributed by atoms with Gasteiger partial charge in [-0.1, -0.05) is 18.1 Å². The van der Waals surface area contributed by atoms with E-state index in [4.69, 9.17) is 4.74 Å². The molecule has 0 saturated carbocycles. The molecule has 45 heavy (non-hydrogen) atoms. The number of aryl methyl sites for hydroxylation is 2. The summed E-state index contributed by atoms with van der Waals surface area (Å²) in [6.45, 7) is 3.88. The Morgan fingerprint density at radius 2 is 1.62 bits per heavy atom. The predicted molar refractivity (Wildman–Crippen MR) is 143 cm³/mol. The maximum atomic E-state index is 14.0. The summed E-state index contributed by atoms with van der Waals surface area (Å²) in [5.41, 5.74) is -4.75. The summed E-state index contributed by atoms with van der Waals surface area (Å²) in [6, 6.07) is 2.12. The Bertz CT molecular complexity index is 1500. The molecule has 0 radical (unpaired) electrons. The Balaban J connectivity index is 1.92. The number of carbonyl (C=O) groups is 1. The van der Waals surface area contributed by atoms with Crippen molar-refractivity contribution in [1.82, 2.24) is 20.2 Å². The molecule has 0 aliphatic carbocycles. The monoisotopic (exact) mass is 652 g/mol. The zero-order chi connectivity index (χ0) is 33.5. The predicted octanol–water partition coefficient (Wildman–Crippen LogP) is 7.86.